The minimum absolute atomic E-state index is 0.677. The van der Waals surface area contributed by atoms with Crippen molar-refractivity contribution < 1.29 is 4.74 Å². The molecule has 1 rings (SSSR count). The van der Waals surface area contributed by atoms with Crippen molar-refractivity contribution in [3.63, 3.8) is 0 Å². The normalized spacial score (nSPS) is 11.7. The van der Waals surface area contributed by atoms with E-state index in [0.717, 1.165) is 6.42 Å². The molecule has 0 N–H and O–H groups in total. The molecule has 1 nitrogen and oxygen atoms in total. The molecule has 0 heterocycles. The Morgan fingerprint density at radius 2 is 2.07 bits per heavy atom. The predicted molar refractivity (Wildman–Crippen MR) is 59.8 cm³/mol. The van der Waals surface area contributed by atoms with Crippen LogP contribution in [-0.2, 0) is 11.3 Å². The molecule has 0 amide bonds. The van der Waals surface area contributed by atoms with Crippen molar-refractivity contribution >= 4 is 0 Å². The van der Waals surface area contributed by atoms with Gasteiger partial charge in [-0.25, -0.2) is 0 Å². The first-order chi connectivity index (χ1) is 6.83. The zero-order chi connectivity index (χ0) is 10.2. The lowest BCUT2D eigenvalue weighted by Crippen LogP contribution is -1.93. The molecule has 0 fully saturated rings. The monoisotopic (exact) mass is 189 g/mol. The van der Waals surface area contributed by atoms with Gasteiger partial charge >= 0.3 is 0 Å². The highest BCUT2D eigenvalue weighted by atomic mass is 16.5. The highest BCUT2D eigenvalue weighted by Crippen LogP contribution is 2.01. The van der Waals surface area contributed by atoms with Crippen LogP contribution in [0.1, 0.15) is 18.9 Å². The minimum Gasteiger partial charge on any atom is -0.373 e. The number of rotatable bonds is 5. The number of hydrogen-bond acceptors (Lipinski definition) is 1. The molecule has 0 unspecified atom stereocenters. The zero-order valence-corrected chi connectivity index (χ0v) is 8.70. The smallest absolute Gasteiger partial charge is 0.0721 e. The average Bonchev–Trinajstić information content (AvgIpc) is 2.25. The van der Waals surface area contributed by atoms with Crippen LogP contribution in [0.2, 0.25) is 0 Å². The van der Waals surface area contributed by atoms with E-state index >= 15 is 0 Å². The van der Waals surface area contributed by atoms with Crippen molar-refractivity contribution in [3.8, 4) is 0 Å². The second-order valence-corrected chi connectivity index (χ2v) is 3.30. The van der Waals surface area contributed by atoms with E-state index in [9.17, 15) is 0 Å². The molecule has 0 saturated heterocycles. The van der Waals surface area contributed by atoms with Crippen LogP contribution in [0.3, 0.4) is 0 Å². The van der Waals surface area contributed by atoms with Crippen LogP contribution in [0.4, 0.5) is 0 Å². The first-order valence-corrected chi connectivity index (χ1v) is 4.89. The van der Waals surface area contributed by atoms with E-state index in [1.54, 1.807) is 0 Å². The van der Waals surface area contributed by atoms with Gasteiger partial charge in [0.1, 0.15) is 0 Å². The van der Waals surface area contributed by atoms with E-state index < -0.39 is 0 Å². The molecule has 0 aliphatic rings. The van der Waals surface area contributed by atoms with Crippen LogP contribution in [-0.4, -0.2) is 6.61 Å². The molecule has 1 aromatic rings. The Bertz CT molecular complexity index is 275. The minimum atomic E-state index is 0.677. The summed E-state index contributed by atoms with van der Waals surface area (Å²) in [4.78, 5) is 0. The molecule has 0 aliphatic heterocycles. The first-order valence-electron chi connectivity index (χ1n) is 4.89. The number of hydrogen-bond donors (Lipinski definition) is 0. The van der Waals surface area contributed by atoms with E-state index in [1.807, 2.05) is 18.2 Å². The number of allylic oxidation sites excluding steroid dienone is 1. The summed E-state index contributed by atoms with van der Waals surface area (Å²) in [5.41, 5.74) is 2.49. The largest absolute Gasteiger partial charge is 0.373 e. The van der Waals surface area contributed by atoms with Crippen molar-refractivity contribution in [1.29, 1.82) is 0 Å². The maximum Gasteiger partial charge on any atom is 0.0721 e. The molecular formula is C13H17O. The molecule has 14 heavy (non-hydrogen) atoms. The van der Waals surface area contributed by atoms with Gasteiger partial charge in [0.15, 0.2) is 0 Å². The standard InChI is InChI=1S/C13H17O/c1-3-12(2)9-10-14-11-13-7-5-4-6-8-13/h4-9H,1,3,10-11H2,2H3/b12-9+. The highest BCUT2D eigenvalue weighted by Gasteiger charge is 1.89. The SMILES string of the molecule is [CH2]C/C(C)=C/COCc1ccccc1. The summed E-state index contributed by atoms with van der Waals surface area (Å²) in [5.74, 6) is 0. The third-order valence-electron chi connectivity index (χ3n) is 2.06. The number of ether oxygens (including phenoxy) is 1. The van der Waals surface area contributed by atoms with Crippen LogP contribution in [0.25, 0.3) is 0 Å². The van der Waals surface area contributed by atoms with Crippen LogP contribution < -0.4 is 0 Å². The Labute approximate surface area is 86.4 Å². The van der Waals surface area contributed by atoms with Crippen molar-refractivity contribution in [2.24, 2.45) is 0 Å². The molecule has 0 spiro atoms. The molecule has 1 radical (unpaired) electrons. The number of benzene rings is 1. The van der Waals surface area contributed by atoms with Crippen molar-refractivity contribution in [2.45, 2.75) is 20.0 Å². The Kier molecular flexibility index (Phi) is 5.02. The van der Waals surface area contributed by atoms with Gasteiger partial charge in [-0.2, -0.15) is 0 Å². The topological polar surface area (TPSA) is 9.23 Å². The fourth-order valence-electron chi connectivity index (χ4n) is 1.05. The van der Waals surface area contributed by atoms with Crippen LogP contribution in [0.15, 0.2) is 42.0 Å². The predicted octanol–water partition coefficient (Wildman–Crippen LogP) is 3.37. The Morgan fingerprint density at radius 1 is 1.36 bits per heavy atom. The summed E-state index contributed by atoms with van der Waals surface area (Å²) < 4.78 is 5.49. The fraction of sp³-hybridized carbons (Fsp3) is 0.308. The van der Waals surface area contributed by atoms with E-state index in [2.05, 4.69) is 32.1 Å². The van der Waals surface area contributed by atoms with Gasteiger partial charge in [-0.05, 0) is 25.8 Å². The molecule has 0 bridgehead atoms. The van der Waals surface area contributed by atoms with E-state index in [0.29, 0.717) is 13.2 Å². The lowest BCUT2D eigenvalue weighted by molar-refractivity contribution is 0.148. The molecule has 0 aliphatic carbocycles. The van der Waals surface area contributed by atoms with Gasteiger partial charge in [-0.1, -0.05) is 42.0 Å². The van der Waals surface area contributed by atoms with Gasteiger partial charge in [0, 0.05) is 0 Å². The fourth-order valence-corrected chi connectivity index (χ4v) is 1.05. The van der Waals surface area contributed by atoms with E-state index in [4.69, 9.17) is 4.74 Å². The Hall–Kier alpha value is -1.08. The molecule has 0 saturated carbocycles. The van der Waals surface area contributed by atoms with Crippen molar-refractivity contribution in [3.05, 3.63) is 54.5 Å². The average molecular weight is 189 g/mol. The molecule has 0 atom stereocenters. The summed E-state index contributed by atoms with van der Waals surface area (Å²) in [5, 5.41) is 0. The molecule has 75 valence electrons. The Morgan fingerprint density at radius 3 is 2.71 bits per heavy atom. The third kappa shape index (κ3) is 4.24. The molecule has 1 heteroatoms. The maximum absolute atomic E-state index is 5.49. The summed E-state index contributed by atoms with van der Waals surface area (Å²) in [7, 11) is 0. The van der Waals surface area contributed by atoms with Gasteiger partial charge in [-0.3, -0.25) is 0 Å². The van der Waals surface area contributed by atoms with Gasteiger partial charge in [-0.15, -0.1) is 0 Å². The summed E-state index contributed by atoms with van der Waals surface area (Å²) in [6.07, 6.45) is 2.94. The summed E-state index contributed by atoms with van der Waals surface area (Å²) in [6, 6.07) is 10.2. The van der Waals surface area contributed by atoms with Gasteiger partial charge < -0.3 is 4.74 Å². The van der Waals surface area contributed by atoms with Crippen LogP contribution in [0, 0.1) is 6.92 Å². The lowest BCUT2D eigenvalue weighted by Gasteiger charge is -2.01. The first kappa shape index (κ1) is 11.0. The second kappa shape index (κ2) is 6.39. The summed E-state index contributed by atoms with van der Waals surface area (Å²) in [6.45, 7) is 7.23. The van der Waals surface area contributed by atoms with Gasteiger partial charge in [0.05, 0.1) is 13.2 Å². The molecule has 1 aromatic carbocycles. The highest BCUT2D eigenvalue weighted by molar-refractivity contribution is 5.13. The zero-order valence-electron chi connectivity index (χ0n) is 8.70. The quantitative estimate of drug-likeness (QED) is 0.509. The maximum atomic E-state index is 5.49. The molecule has 0 aromatic heterocycles. The van der Waals surface area contributed by atoms with E-state index in [-0.39, 0.29) is 0 Å². The summed E-state index contributed by atoms with van der Waals surface area (Å²) >= 11 is 0. The Balaban J connectivity index is 2.23. The van der Waals surface area contributed by atoms with Gasteiger partial charge in [0.2, 0.25) is 0 Å². The van der Waals surface area contributed by atoms with Crippen LogP contribution in [0.5, 0.6) is 0 Å². The second-order valence-electron chi connectivity index (χ2n) is 3.30. The van der Waals surface area contributed by atoms with Crippen molar-refractivity contribution in [2.75, 3.05) is 6.61 Å². The third-order valence-corrected chi connectivity index (χ3v) is 2.06. The van der Waals surface area contributed by atoms with Crippen LogP contribution >= 0.6 is 0 Å². The van der Waals surface area contributed by atoms with Gasteiger partial charge in [0.25, 0.3) is 0 Å². The van der Waals surface area contributed by atoms with Crippen molar-refractivity contribution in [1.82, 2.24) is 0 Å². The lowest BCUT2D eigenvalue weighted by atomic mass is 10.2. The molecular weight excluding hydrogens is 172 g/mol. The van der Waals surface area contributed by atoms with E-state index in [1.165, 1.54) is 11.1 Å².